The second-order valence-corrected chi connectivity index (χ2v) is 13.0. The van der Waals surface area contributed by atoms with Gasteiger partial charge in [0, 0.05) is 29.5 Å². The van der Waals surface area contributed by atoms with Crippen LogP contribution in [0.5, 0.6) is 0 Å². The van der Waals surface area contributed by atoms with Gasteiger partial charge in [0.1, 0.15) is 12.6 Å². The van der Waals surface area contributed by atoms with E-state index in [2.05, 4.69) is 21.2 Å². The molecule has 0 saturated carbocycles. The van der Waals surface area contributed by atoms with E-state index in [1.54, 1.807) is 18.2 Å². The molecule has 4 rings (SSSR count). The molecule has 11 heteroatoms. The normalized spacial score (nSPS) is 11.9. The molecule has 1 unspecified atom stereocenters. The van der Waals surface area contributed by atoms with Gasteiger partial charge in [-0.25, -0.2) is 8.42 Å². The number of carbonyl (C=O) groups is 2. The second kappa shape index (κ2) is 14.2. The number of halogens is 3. The maximum atomic E-state index is 14.3. The van der Waals surface area contributed by atoms with Gasteiger partial charge >= 0.3 is 0 Å². The van der Waals surface area contributed by atoms with Gasteiger partial charge in [-0.1, -0.05) is 99.8 Å². The Hall–Kier alpha value is -3.37. The molecular weight excluding hydrogens is 661 g/mol. The number of rotatable bonds is 11. The number of hydrogen-bond donors (Lipinski definition) is 1. The van der Waals surface area contributed by atoms with E-state index in [-0.39, 0.29) is 39.5 Å². The van der Waals surface area contributed by atoms with E-state index in [0.29, 0.717) is 0 Å². The van der Waals surface area contributed by atoms with E-state index in [1.165, 1.54) is 42.3 Å². The monoisotopic (exact) mass is 687 g/mol. The third-order valence-electron chi connectivity index (χ3n) is 6.55. The molecule has 0 spiro atoms. The van der Waals surface area contributed by atoms with Crippen molar-refractivity contribution in [2.24, 2.45) is 0 Å². The number of sulfonamides is 1. The highest BCUT2D eigenvalue weighted by atomic mass is 79.9. The third-order valence-corrected chi connectivity index (χ3v) is 9.37. The molecule has 0 fully saturated rings. The number of likely N-dealkylation sites (N-methyl/N-ethyl adjacent to an activating group) is 1. The molecule has 0 aliphatic heterocycles. The molecule has 0 bridgehead atoms. The molecule has 2 amide bonds. The van der Waals surface area contributed by atoms with Gasteiger partial charge in [0.15, 0.2) is 0 Å². The minimum absolute atomic E-state index is 0.0282. The van der Waals surface area contributed by atoms with Crippen molar-refractivity contribution < 1.29 is 18.0 Å². The Morgan fingerprint density at radius 3 is 2.14 bits per heavy atom. The van der Waals surface area contributed by atoms with Crippen LogP contribution < -0.4 is 9.62 Å². The molecule has 218 valence electrons. The lowest BCUT2D eigenvalue weighted by atomic mass is 10.0. The number of benzene rings is 4. The van der Waals surface area contributed by atoms with Crippen molar-refractivity contribution in [1.82, 2.24) is 10.2 Å². The summed E-state index contributed by atoms with van der Waals surface area (Å²) in [6.07, 6.45) is 0.212. The van der Waals surface area contributed by atoms with Crippen molar-refractivity contribution in [2.75, 3.05) is 17.9 Å². The molecule has 0 aliphatic rings. The van der Waals surface area contributed by atoms with Crippen LogP contribution in [-0.2, 0) is 32.6 Å². The first-order chi connectivity index (χ1) is 20.1. The fourth-order valence-corrected chi connectivity index (χ4v) is 6.79. The largest absolute Gasteiger partial charge is 0.357 e. The van der Waals surface area contributed by atoms with Gasteiger partial charge in [-0.3, -0.25) is 13.9 Å². The van der Waals surface area contributed by atoms with E-state index in [0.717, 1.165) is 19.9 Å². The standard InChI is InChI=1S/C31H28BrCl2N3O4S/c1-35-31(39)29(18-22-9-4-2-5-10-22)36(20-23-11-8-12-24(32)17-23)30(38)21-37(28-19-25(33)15-16-27(28)34)42(40,41)26-13-6-3-7-14-26/h2-17,19,29H,18,20-21H2,1H3,(H,35,39). The van der Waals surface area contributed by atoms with Crippen LogP contribution in [-0.4, -0.2) is 44.8 Å². The Balaban J connectivity index is 1.81. The van der Waals surface area contributed by atoms with Gasteiger partial charge in [0.05, 0.1) is 15.6 Å². The lowest BCUT2D eigenvalue weighted by molar-refractivity contribution is -0.139. The first kappa shape index (κ1) is 31.6. The van der Waals surface area contributed by atoms with Gasteiger partial charge < -0.3 is 10.2 Å². The van der Waals surface area contributed by atoms with Crippen LogP contribution in [0.1, 0.15) is 11.1 Å². The van der Waals surface area contributed by atoms with Gasteiger partial charge in [-0.2, -0.15) is 0 Å². The lowest BCUT2D eigenvalue weighted by Gasteiger charge is -2.33. The quantitative estimate of drug-likeness (QED) is 0.199. The zero-order valence-corrected chi connectivity index (χ0v) is 26.5. The molecule has 7 nitrogen and oxygen atoms in total. The summed E-state index contributed by atoms with van der Waals surface area (Å²) in [5.74, 6) is -0.990. The highest BCUT2D eigenvalue weighted by molar-refractivity contribution is 9.10. The van der Waals surface area contributed by atoms with Crippen molar-refractivity contribution in [3.05, 3.63) is 129 Å². The highest BCUT2D eigenvalue weighted by Gasteiger charge is 2.35. The Morgan fingerprint density at radius 1 is 0.857 bits per heavy atom. The van der Waals surface area contributed by atoms with Gasteiger partial charge in [-0.15, -0.1) is 0 Å². The summed E-state index contributed by atoms with van der Waals surface area (Å²) in [7, 11) is -2.78. The van der Waals surface area contributed by atoms with E-state index >= 15 is 0 Å². The number of nitrogens with zero attached hydrogens (tertiary/aromatic N) is 2. The highest BCUT2D eigenvalue weighted by Crippen LogP contribution is 2.33. The zero-order valence-electron chi connectivity index (χ0n) is 22.6. The summed E-state index contributed by atoms with van der Waals surface area (Å²) in [5.41, 5.74) is 1.63. The molecular formula is C31H28BrCl2N3O4S. The van der Waals surface area contributed by atoms with Gasteiger partial charge in [-0.05, 0) is 53.6 Å². The van der Waals surface area contributed by atoms with Crippen molar-refractivity contribution >= 4 is 66.7 Å². The summed E-state index contributed by atoms with van der Waals surface area (Å²) in [4.78, 5) is 29.0. The van der Waals surface area contributed by atoms with E-state index in [9.17, 15) is 18.0 Å². The molecule has 4 aromatic carbocycles. The number of hydrogen-bond acceptors (Lipinski definition) is 4. The smallest absolute Gasteiger partial charge is 0.264 e. The Kier molecular flexibility index (Phi) is 10.7. The zero-order chi connectivity index (χ0) is 30.3. The maximum Gasteiger partial charge on any atom is 0.264 e. The predicted molar refractivity (Wildman–Crippen MR) is 170 cm³/mol. The minimum Gasteiger partial charge on any atom is -0.357 e. The SMILES string of the molecule is CNC(=O)C(Cc1ccccc1)N(Cc1cccc(Br)c1)C(=O)CN(c1cc(Cl)ccc1Cl)S(=O)(=O)c1ccccc1. The van der Waals surface area contributed by atoms with Crippen LogP contribution in [0.15, 0.2) is 112 Å². The van der Waals surface area contributed by atoms with Crippen molar-refractivity contribution in [2.45, 2.75) is 23.9 Å². The third kappa shape index (κ3) is 7.72. The van der Waals surface area contributed by atoms with Crippen LogP contribution in [0, 0.1) is 0 Å². The first-order valence-corrected chi connectivity index (χ1v) is 15.9. The van der Waals surface area contributed by atoms with E-state index < -0.39 is 28.5 Å². The summed E-state index contributed by atoms with van der Waals surface area (Å²) < 4.78 is 29.7. The van der Waals surface area contributed by atoms with Gasteiger partial charge in [0.2, 0.25) is 11.8 Å². The van der Waals surface area contributed by atoms with Crippen LogP contribution in [0.4, 0.5) is 5.69 Å². The molecule has 0 aliphatic carbocycles. The van der Waals surface area contributed by atoms with Crippen LogP contribution in [0.25, 0.3) is 0 Å². The van der Waals surface area contributed by atoms with E-state index in [1.807, 2.05) is 54.6 Å². The average molecular weight is 689 g/mol. The Morgan fingerprint density at radius 2 is 1.50 bits per heavy atom. The lowest BCUT2D eigenvalue weighted by Crippen LogP contribution is -2.53. The molecule has 0 heterocycles. The average Bonchev–Trinajstić information content (AvgIpc) is 2.99. The molecule has 1 atom stereocenters. The summed E-state index contributed by atoms with van der Waals surface area (Å²) >= 11 is 16.2. The second-order valence-electron chi connectivity index (χ2n) is 9.39. The topological polar surface area (TPSA) is 86.8 Å². The summed E-state index contributed by atoms with van der Waals surface area (Å²) in [5, 5.41) is 3.00. The number of anilines is 1. The van der Waals surface area contributed by atoms with Gasteiger partial charge in [0.25, 0.3) is 10.0 Å². The first-order valence-electron chi connectivity index (χ1n) is 12.9. The van der Waals surface area contributed by atoms with E-state index in [4.69, 9.17) is 23.2 Å². The Labute approximate surface area is 264 Å². The molecule has 42 heavy (non-hydrogen) atoms. The van der Waals surface area contributed by atoms with Crippen LogP contribution >= 0.6 is 39.1 Å². The van der Waals surface area contributed by atoms with Crippen molar-refractivity contribution in [3.63, 3.8) is 0 Å². The predicted octanol–water partition coefficient (Wildman–Crippen LogP) is 6.34. The number of nitrogens with one attached hydrogen (secondary N) is 1. The minimum atomic E-state index is -4.28. The van der Waals surface area contributed by atoms with Crippen LogP contribution in [0.3, 0.4) is 0 Å². The Bertz CT molecular complexity index is 1660. The molecule has 4 aromatic rings. The number of amides is 2. The molecule has 0 radical (unpaired) electrons. The summed E-state index contributed by atoms with van der Waals surface area (Å²) in [6, 6.07) is 27.9. The number of carbonyl (C=O) groups excluding carboxylic acids is 2. The van der Waals surface area contributed by atoms with Crippen molar-refractivity contribution in [1.29, 1.82) is 0 Å². The fourth-order valence-electron chi connectivity index (χ4n) is 4.46. The molecule has 1 N–H and O–H groups in total. The molecule has 0 aromatic heterocycles. The fraction of sp³-hybridized carbons (Fsp3) is 0.161. The maximum absolute atomic E-state index is 14.3. The van der Waals surface area contributed by atoms with Crippen LogP contribution in [0.2, 0.25) is 10.0 Å². The summed E-state index contributed by atoms with van der Waals surface area (Å²) in [6.45, 7) is -0.584. The molecule has 0 saturated heterocycles. The van der Waals surface area contributed by atoms with Crippen molar-refractivity contribution in [3.8, 4) is 0 Å².